The van der Waals surface area contributed by atoms with E-state index in [9.17, 15) is 19.5 Å². The molecule has 1 aliphatic carbocycles. The molecule has 2 aliphatic rings. The largest absolute Gasteiger partial charge is 0.481 e. The van der Waals surface area contributed by atoms with Crippen molar-refractivity contribution in [1.29, 1.82) is 0 Å². The molecule has 3 unspecified atom stereocenters. The van der Waals surface area contributed by atoms with Crippen molar-refractivity contribution in [2.24, 2.45) is 17.8 Å². The van der Waals surface area contributed by atoms with Crippen LogP contribution in [-0.4, -0.2) is 54.0 Å². The molecule has 2 fully saturated rings. The van der Waals surface area contributed by atoms with Gasteiger partial charge in [0.05, 0.1) is 12.5 Å². The maximum absolute atomic E-state index is 13.5. The molecule has 0 bridgehead atoms. The van der Waals surface area contributed by atoms with Gasteiger partial charge in [0.1, 0.15) is 0 Å². The number of nitrogens with zero attached hydrogens (tertiary/aromatic N) is 2. The summed E-state index contributed by atoms with van der Waals surface area (Å²) in [7, 11) is 0. The number of amides is 2. The van der Waals surface area contributed by atoms with Crippen LogP contribution in [0.25, 0.3) is 0 Å². The second-order valence-corrected chi connectivity index (χ2v) is 9.38. The van der Waals surface area contributed by atoms with Crippen LogP contribution < -0.4 is 10.4 Å². The summed E-state index contributed by atoms with van der Waals surface area (Å²) >= 11 is 0. The van der Waals surface area contributed by atoms with Gasteiger partial charge >= 0.3 is 5.97 Å². The summed E-state index contributed by atoms with van der Waals surface area (Å²) in [6.45, 7) is 2.89. The van der Waals surface area contributed by atoms with Crippen molar-refractivity contribution in [3.63, 3.8) is 0 Å². The number of hydroxylamine groups is 1. The molecule has 1 heterocycles. The molecule has 186 valence electrons. The Bertz CT molecular complexity index is 992. The van der Waals surface area contributed by atoms with E-state index in [1.54, 1.807) is 0 Å². The predicted molar refractivity (Wildman–Crippen MR) is 131 cm³/mol. The first kappa shape index (κ1) is 24.7. The third kappa shape index (κ3) is 6.60. The highest BCUT2D eigenvalue weighted by Crippen LogP contribution is 2.37. The fourth-order valence-corrected chi connectivity index (χ4v) is 5.17. The average Bonchev–Trinajstić information content (AvgIpc) is 2.89. The number of carboxylic acids is 1. The van der Waals surface area contributed by atoms with Crippen molar-refractivity contribution < 1.29 is 24.3 Å². The minimum atomic E-state index is -0.878. The number of nitrogens with one attached hydrogen (secondary N) is 1. The zero-order valence-electron chi connectivity index (χ0n) is 19.8. The molecule has 0 radical (unpaired) electrons. The van der Waals surface area contributed by atoms with E-state index in [0.29, 0.717) is 32.4 Å². The van der Waals surface area contributed by atoms with Crippen LogP contribution in [-0.2, 0) is 25.8 Å². The number of piperazine rings is 1. The number of carbonyl (C=O) groups is 3. The number of aliphatic carboxylic acids is 1. The molecular weight excluding hydrogens is 446 g/mol. The van der Waals surface area contributed by atoms with E-state index in [1.807, 2.05) is 53.4 Å². The van der Waals surface area contributed by atoms with Crippen LogP contribution in [0.1, 0.15) is 31.2 Å². The van der Waals surface area contributed by atoms with Crippen LogP contribution in [0.4, 0.5) is 5.69 Å². The Kier molecular flexibility index (Phi) is 8.36. The Hall–Kier alpha value is -3.39. The highest BCUT2D eigenvalue weighted by atomic mass is 16.6. The molecule has 35 heavy (non-hydrogen) atoms. The smallest absolute Gasteiger partial charge is 0.303 e. The SMILES string of the molecule is O=C(O)CC1CCC(C(=O)N2CCN(c3ccccc3)CC2)C(C(=O)NOCc2ccccc2)C1. The predicted octanol–water partition coefficient (Wildman–Crippen LogP) is 3.09. The van der Waals surface area contributed by atoms with Crippen molar-refractivity contribution >= 4 is 23.5 Å². The Morgan fingerprint density at radius 3 is 2.20 bits per heavy atom. The van der Waals surface area contributed by atoms with E-state index in [1.165, 1.54) is 0 Å². The first-order chi connectivity index (χ1) is 17.0. The Balaban J connectivity index is 1.37. The van der Waals surface area contributed by atoms with Crippen LogP contribution in [0.2, 0.25) is 0 Å². The van der Waals surface area contributed by atoms with E-state index in [4.69, 9.17) is 4.84 Å². The zero-order valence-corrected chi connectivity index (χ0v) is 19.8. The number of carboxylic acid groups (broad SMARTS) is 1. The van der Waals surface area contributed by atoms with Gasteiger partial charge in [0, 0.05) is 44.2 Å². The second-order valence-electron chi connectivity index (χ2n) is 9.38. The van der Waals surface area contributed by atoms with Gasteiger partial charge in [-0.15, -0.1) is 0 Å². The molecule has 3 atom stereocenters. The summed E-state index contributed by atoms with van der Waals surface area (Å²) in [4.78, 5) is 47.4. The highest BCUT2D eigenvalue weighted by molar-refractivity contribution is 5.87. The van der Waals surface area contributed by atoms with Gasteiger partial charge < -0.3 is 14.9 Å². The summed E-state index contributed by atoms with van der Waals surface area (Å²) in [6, 6.07) is 19.6. The summed E-state index contributed by atoms with van der Waals surface area (Å²) in [5.41, 5.74) is 4.59. The molecule has 1 saturated carbocycles. The van der Waals surface area contributed by atoms with E-state index < -0.39 is 17.8 Å². The Labute approximate surface area is 205 Å². The maximum Gasteiger partial charge on any atom is 0.303 e. The number of benzene rings is 2. The molecular formula is C27H33N3O5. The van der Waals surface area contributed by atoms with E-state index >= 15 is 0 Å². The lowest BCUT2D eigenvalue weighted by Gasteiger charge is -2.40. The summed E-state index contributed by atoms with van der Waals surface area (Å²) < 4.78 is 0. The number of rotatable bonds is 8. The second kappa shape index (κ2) is 11.8. The lowest BCUT2D eigenvalue weighted by Crippen LogP contribution is -2.53. The van der Waals surface area contributed by atoms with Crippen LogP contribution in [0.3, 0.4) is 0 Å². The molecule has 8 heteroatoms. The molecule has 8 nitrogen and oxygen atoms in total. The summed E-state index contributed by atoms with van der Waals surface area (Å²) in [5, 5.41) is 9.25. The van der Waals surface area contributed by atoms with E-state index in [2.05, 4.69) is 22.5 Å². The van der Waals surface area contributed by atoms with Crippen molar-refractivity contribution in [1.82, 2.24) is 10.4 Å². The molecule has 2 aromatic carbocycles. The summed E-state index contributed by atoms with van der Waals surface area (Å²) in [6.07, 6.45) is 1.51. The van der Waals surface area contributed by atoms with E-state index in [0.717, 1.165) is 24.3 Å². The minimum absolute atomic E-state index is 0.00527. The number of hydrogen-bond acceptors (Lipinski definition) is 5. The van der Waals surface area contributed by atoms with Crippen molar-refractivity contribution in [2.75, 3.05) is 31.1 Å². The monoisotopic (exact) mass is 479 g/mol. The van der Waals surface area contributed by atoms with Crippen molar-refractivity contribution in [3.8, 4) is 0 Å². The lowest BCUT2D eigenvalue weighted by molar-refractivity contribution is -0.151. The fourth-order valence-electron chi connectivity index (χ4n) is 5.17. The molecule has 2 amide bonds. The average molecular weight is 480 g/mol. The highest BCUT2D eigenvalue weighted by Gasteiger charge is 2.42. The number of anilines is 1. The first-order valence-electron chi connectivity index (χ1n) is 12.3. The third-order valence-electron chi connectivity index (χ3n) is 7.04. The molecule has 1 aliphatic heterocycles. The van der Waals surface area contributed by atoms with Gasteiger partial charge in [-0.2, -0.15) is 0 Å². The van der Waals surface area contributed by atoms with Gasteiger partial charge in [-0.25, -0.2) is 5.48 Å². The van der Waals surface area contributed by atoms with Crippen LogP contribution in [0.5, 0.6) is 0 Å². The topological polar surface area (TPSA) is 99.2 Å². The first-order valence-corrected chi connectivity index (χ1v) is 12.3. The van der Waals surface area contributed by atoms with Crippen LogP contribution in [0, 0.1) is 17.8 Å². The number of hydrogen-bond donors (Lipinski definition) is 2. The Morgan fingerprint density at radius 2 is 1.54 bits per heavy atom. The molecule has 1 saturated heterocycles. The summed E-state index contributed by atoms with van der Waals surface area (Å²) in [5.74, 6) is -2.45. The van der Waals surface area contributed by atoms with Crippen LogP contribution in [0.15, 0.2) is 60.7 Å². The van der Waals surface area contributed by atoms with Crippen LogP contribution >= 0.6 is 0 Å². The Morgan fingerprint density at radius 1 is 0.886 bits per heavy atom. The number of para-hydroxylation sites is 1. The zero-order chi connectivity index (χ0) is 24.6. The van der Waals surface area contributed by atoms with Gasteiger partial charge in [-0.3, -0.25) is 19.2 Å². The van der Waals surface area contributed by atoms with Crippen molar-refractivity contribution in [3.05, 3.63) is 66.2 Å². The normalized spacial score (nSPS) is 22.5. The molecule has 2 N–H and O–H groups in total. The van der Waals surface area contributed by atoms with E-state index in [-0.39, 0.29) is 30.8 Å². The molecule has 0 aromatic heterocycles. The van der Waals surface area contributed by atoms with Gasteiger partial charge in [0.2, 0.25) is 11.8 Å². The third-order valence-corrected chi connectivity index (χ3v) is 7.04. The standard InChI is InChI=1S/C27H33N3O5/c31-25(32)18-21-11-12-23(24(17-21)26(33)28-35-19-20-7-3-1-4-8-20)27(34)30-15-13-29(14-16-30)22-9-5-2-6-10-22/h1-10,21,23-24H,11-19H2,(H,28,33)(H,31,32). The van der Waals surface area contributed by atoms with Crippen molar-refractivity contribution in [2.45, 2.75) is 32.3 Å². The van der Waals surface area contributed by atoms with Gasteiger partial charge in [-0.1, -0.05) is 48.5 Å². The lowest BCUT2D eigenvalue weighted by atomic mass is 9.72. The molecule has 0 spiro atoms. The van der Waals surface area contributed by atoms with Gasteiger partial charge in [-0.05, 0) is 42.9 Å². The number of carbonyl (C=O) groups excluding carboxylic acids is 2. The molecule has 2 aromatic rings. The van der Waals surface area contributed by atoms with Gasteiger partial charge in [0.25, 0.3) is 0 Å². The maximum atomic E-state index is 13.5. The quantitative estimate of drug-likeness (QED) is 0.565. The molecule has 4 rings (SSSR count). The minimum Gasteiger partial charge on any atom is -0.481 e. The van der Waals surface area contributed by atoms with Gasteiger partial charge in [0.15, 0.2) is 0 Å². The fraction of sp³-hybridized carbons (Fsp3) is 0.444.